The summed E-state index contributed by atoms with van der Waals surface area (Å²) in [6.07, 6.45) is 3.69. The Morgan fingerprint density at radius 3 is 2.67 bits per heavy atom. The number of furan rings is 1. The van der Waals surface area contributed by atoms with Crippen molar-refractivity contribution < 1.29 is 23.4 Å². The van der Waals surface area contributed by atoms with Gasteiger partial charge in [-0.3, -0.25) is 9.69 Å². The highest BCUT2D eigenvalue weighted by Gasteiger charge is 2.21. The molecular formula is C23H30N2O5. The first kappa shape index (κ1) is 20.8. The molecule has 7 nitrogen and oxygen atoms in total. The molecule has 30 heavy (non-hydrogen) atoms. The van der Waals surface area contributed by atoms with Gasteiger partial charge in [-0.15, -0.1) is 0 Å². The zero-order valence-electron chi connectivity index (χ0n) is 17.5. The molecule has 0 radical (unpaired) electrons. The van der Waals surface area contributed by atoms with Crippen molar-refractivity contribution in [3.05, 3.63) is 41.9 Å². The van der Waals surface area contributed by atoms with Gasteiger partial charge in [0.2, 0.25) is 5.91 Å². The third kappa shape index (κ3) is 5.55. The first-order chi connectivity index (χ1) is 14.7. The molecule has 1 N–H and O–H groups in total. The summed E-state index contributed by atoms with van der Waals surface area (Å²) in [5.74, 6) is 3.92. The van der Waals surface area contributed by atoms with Crippen molar-refractivity contribution in [1.82, 2.24) is 4.90 Å². The molecule has 1 fully saturated rings. The molecule has 0 aliphatic carbocycles. The highest BCUT2D eigenvalue weighted by Crippen LogP contribution is 2.32. The minimum absolute atomic E-state index is 0.0513. The molecular weight excluding hydrogens is 384 g/mol. The molecule has 2 aliphatic heterocycles. The number of benzene rings is 1. The maximum absolute atomic E-state index is 12.4. The van der Waals surface area contributed by atoms with E-state index < -0.39 is 0 Å². The molecule has 4 rings (SSSR count). The molecule has 1 saturated heterocycles. The summed E-state index contributed by atoms with van der Waals surface area (Å²) in [6.45, 7) is 4.52. The van der Waals surface area contributed by atoms with Crippen molar-refractivity contribution in [3.63, 3.8) is 0 Å². The van der Waals surface area contributed by atoms with Gasteiger partial charge in [0.25, 0.3) is 0 Å². The first-order valence-electron chi connectivity index (χ1n) is 10.7. The van der Waals surface area contributed by atoms with E-state index in [1.54, 1.807) is 7.11 Å². The highest BCUT2D eigenvalue weighted by atomic mass is 16.6. The molecule has 0 atom stereocenters. The van der Waals surface area contributed by atoms with Crippen molar-refractivity contribution >= 4 is 11.6 Å². The average Bonchev–Trinajstić information content (AvgIpc) is 3.20. The monoisotopic (exact) mass is 414 g/mol. The molecule has 0 spiro atoms. The SMILES string of the molecule is COCc1ccc(CN2CCC(CCC(=O)Nc3ccc4c(c3)OCCO4)CC2)o1. The van der Waals surface area contributed by atoms with E-state index in [-0.39, 0.29) is 5.91 Å². The predicted molar refractivity (Wildman–Crippen MR) is 113 cm³/mol. The quantitative estimate of drug-likeness (QED) is 0.708. The second kappa shape index (κ2) is 10.00. The molecule has 7 heteroatoms. The van der Waals surface area contributed by atoms with E-state index in [1.165, 1.54) is 0 Å². The first-order valence-corrected chi connectivity index (χ1v) is 10.7. The van der Waals surface area contributed by atoms with Crippen LogP contribution in [0.4, 0.5) is 5.69 Å². The van der Waals surface area contributed by atoms with Crippen LogP contribution in [-0.2, 0) is 22.7 Å². The number of piperidine rings is 1. The van der Waals surface area contributed by atoms with Gasteiger partial charge in [0.15, 0.2) is 11.5 Å². The second-order valence-electron chi connectivity index (χ2n) is 7.97. The number of hydrogen-bond acceptors (Lipinski definition) is 6. The number of carbonyl (C=O) groups excluding carboxylic acids is 1. The van der Waals surface area contributed by atoms with Crippen LogP contribution in [0.15, 0.2) is 34.7 Å². The third-order valence-electron chi connectivity index (χ3n) is 5.70. The fraction of sp³-hybridized carbons (Fsp3) is 0.522. The lowest BCUT2D eigenvalue weighted by Crippen LogP contribution is -2.33. The predicted octanol–water partition coefficient (Wildman–Crippen LogP) is 3.83. The van der Waals surface area contributed by atoms with Crippen LogP contribution in [0.25, 0.3) is 0 Å². The maximum Gasteiger partial charge on any atom is 0.224 e. The Bertz CT molecular complexity index is 842. The number of methoxy groups -OCH3 is 1. The van der Waals surface area contributed by atoms with Crippen LogP contribution >= 0.6 is 0 Å². The van der Waals surface area contributed by atoms with Gasteiger partial charge in [-0.05, 0) is 62.5 Å². The molecule has 3 heterocycles. The number of ether oxygens (including phenoxy) is 3. The lowest BCUT2D eigenvalue weighted by Gasteiger charge is -2.31. The van der Waals surface area contributed by atoms with E-state index in [0.29, 0.717) is 37.9 Å². The van der Waals surface area contributed by atoms with E-state index in [9.17, 15) is 4.79 Å². The zero-order chi connectivity index (χ0) is 20.8. The minimum Gasteiger partial charge on any atom is -0.486 e. The van der Waals surface area contributed by atoms with Gasteiger partial charge in [0.05, 0.1) is 6.54 Å². The zero-order valence-corrected chi connectivity index (χ0v) is 17.5. The van der Waals surface area contributed by atoms with E-state index in [1.807, 2.05) is 30.3 Å². The van der Waals surface area contributed by atoms with Gasteiger partial charge in [-0.1, -0.05) is 0 Å². The Morgan fingerprint density at radius 2 is 1.87 bits per heavy atom. The van der Waals surface area contributed by atoms with Crippen molar-refractivity contribution in [3.8, 4) is 11.5 Å². The fourth-order valence-electron chi connectivity index (χ4n) is 4.06. The van der Waals surface area contributed by atoms with Gasteiger partial charge < -0.3 is 23.9 Å². The van der Waals surface area contributed by atoms with Crippen molar-refractivity contribution in [2.75, 3.05) is 38.7 Å². The summed E-state index contributed by atoms with van der Waals surface area (Å²) < 4.78 is 22.0. The van der Waals surface area contributed by atoms with Gasteiger partial charge in [-0.25, -0.2) is 0 Å². The normalized spacial score (nSPS) is 17.1. The van der Waals surface area contributed by atoms with Crippen molar-refractivity contribution in [2.45, 2.75) is 38.8 Å². The number of anilines is 1. The number of rotatable bonds is 8. The lowest BCUT2D eigenvalue weighted by molar-refractivity contribution is -0.116. The van der Waals surface area contributed by atoms with Gasteiger partial charge in [0, 0.05) is 25.3 Å². The Kier molecular flexibility index (Phi) is 6.92. The molecule has 1 amide bonds. The molecule has 162 valence electrons. The number of nitrogens with zero attached hydrogens (tertiary/aromatic N) is 1. The maximum atomic E-state index is 12.4. The number of carbonyl (C=O) groups is 1. The summed E-state index contributed by atoms with van der Waals surface area (Å²) in [4.78, 5) is 14.8. The summed E-state index contributed by atoms with van der Waals surface area (Å²) in [5.41, 5.74) is 0.755. The lowest BCUT2D eigenvalue weighted by atomic mass is 9.92. The molecule has 0 unspecified atom stereocenters. The number of fused-ring (bicyclic) bond motifs is 1. The van der Waals surface area contributed by atoms with E-state index in [4.69, 9.17) is 18.6 Å². The van der Waals surface area contributed by atoms with Crippen LogP contribution in [0.1, 0.15) is 37.2 Å². The third-order valence-corrected chi connectivity index (χ3v) is 5.70. The smallest absolute Gasteiger partial charge is 0.224 e. The van der Waals surface area contributed by atoms with Crippen LogP contribution in [0.2, 0.25) is 0 Å². The van der Waals surface area contributed by atoms with E-state index in [2.05, 4.69) is 10.2 Å². The Labute approximate surface area is 177 Å². The van der Waals surface area contributed by atoms with E-state index >= 15 is 0 Å². The molecule has 2 aliphatic rings. The fourth-order valence-corrected chi connectivity index (χ4v) is 4.06. The minimum atomic E-state index is 0.0513. The molecule has 2 aromatic rings. The summed E-state index contributed by atoms with van der Waals surface area (Å²) in [6, 6.07) is 9.54. The molecule has 1 aromatic heterocycles. The van der Waals surface area contributed by atoms with Crippen LogP contribution < -0.4 is 14.8 Å². The number of nitrogens with one attached hydrogen (secondary N) is 1. The van der Waals surface area contributed by atoms with Crippen LogP contribution in [0.3, 0.4) is 0 Å². The standard InChI is InChI=1S/C23H30N2O5/c1-27-16-20-5-4-19(30-20)15-25-10-8-17(9-11-25)2-7-23(26)24-18-3-6-21-22(14-18)29-13-12-28-21/h3-6,14,17H,2,7-13,15-16H2,1H3,(H,24,26). The van der Waals surface area contributed by atoms with Crippen LogP contribution in [0.5, 0.6) is 11.5 Å². The molecule has 1 aromatic carbocycles. The number of hydrogen-bond donors (Lipinski definition) is 1. The second-order valence-corrected chi connectivity index (χ2v) is 7.97. The molecule has 0 saturated carbocycles. The van der Waals surface area contributed by atoms with Crippen molar-refractivity contribution in [2.24, 2.45) is 5.92 Å². The summed E-state index contributed by atoms with van der Waals surface area (Å²) >= 11 is 0. The topological polar surface area (TPSA) is 73.2 Å². The van der Waals surface area contributed by atoms with Gasteiger partial charge in [-0.2, -0.15) is 0 Å². The summed E-state index contributed by atoms with van der Waals surface area (Å²) in [5, 5.41) is 2.98. The largest absolute Gasteiger partial charge is 0.486 e. The Hall–Kier alpha value is -2.51. The summed E-state index contributed by atoms with van der Waals surface area (Å²) in [7, 11) is 1.67. The van der Waals surface area contributed by atoms with Crippen LogP contribution in [-0.4, -0.2) is 44.2 Å². The van der Waals surface area contributed by atoms with Gasteiger partial charge >= 0.3 is 0 Å². The number of amides is 1. The Balaban J connectivity index is 1.17. The van der Waals surface area contributed by atoms with Crippen molar-refractivity contribution in [1.29, 1.82) is 0 Å². The molecule has 0 bridgehead atoms. The highest BCUT2D eigenvalue weighted by molar-refractivity contribution is 5.91. The average molecular weight is 415 g/mol. The van der Waals surface area contributed by atoms with E-state index in [0.717, 1.165) is 61.9 Å². The number of likely N-dealkylation sites (tertiary alicyclic amines) is 1. The van der Waals surface area contributed by atoms with Crippen LogP contribution in [0, 0.1) is 5.92 Å². The Morgan fingerprint density at radius 1 is 1.10 bits per heavy atom. The van der Waals surface area contributed by atoms with Gasteiger partial charge in [0.1, 0.15) is 31.3 Å².